The van der Waals surface area contributed by atoms with Crippen LogP contribution in [0.4, 0.5) is 4.39 Å². The number of carboxylic acids is 1. The van der Waals surface area contributed by atoms with E-state index in [2.05, 4.69) is 5.32 Å². The van der Waals surface area contributed by atoms with Crippen LogP contribution in [0.2, 0.25) is 0 Å². The van der Waals surface area contributed by atoms with E-state index in [9.17, 15) is 19.1 Å². The lowest BCUT2D eigenvalue weighted by Gasteiger charge is -2.12. The molecule has 2 aromatic rings. The van der Waals surface area contributed by atoms with Crippen LogP contribution in [0.25, 0.3) is 6.08 Å². The van der Waals surface area contributed by atoms with Gasteiger partial charge in [0, 0.05) is 5.56 Å². The highest BCUT2D eigenvalue weighted by atomic mass is 19.1. The van der Waals surface area contributed by atoms with Gasteiger partial charge in [0.25, 0.3) is 5.91 Å². The van der Waals surface area contributed by atoms with Gasteiger partial charge in [-0.2, -0.15) is 0 Å². The first-order chi connectivity index (χ1) is 11.1. The summed E-state index contributed by atoms with van der Waals surface area (Å²) in [6.07, 6.45) is 3.59. The molecule has 1 atom stereocenters. The summed E-state index contributed by atoms with van der Waals surface area (Å²) in [6, 6.07) is 13.4. The molecule has 0 fully saturated rings. The fraction of sp³-hybridized carbons (Fsp3) is 0.111. The Morgan fingerprint density at radius 2 is 1.87 bits per heavy atom. The zero-order valence-electron chi connectivity index (χ0n) is 12.3. The number of benzene rings is 2. The van der Waals surface area contributed by atoms with Crippen molar-refractivity contribution in [3.63, 3.8) is 0 Å². The number of rotatable bonds is 6. The number of halogens is 1. The molecule has 2 rings (SSSR count). The summed E-state index contributed by atoms with van der Waals surface area (Å²) < 4.78 is 13.1. The van der Waals surface area contributed by atoms with Gasteiger partial charge >= 0.3 is 5.97 Å². The Morgan fingerprint density at radius 3 is 2.52 bits per heavy atom. The predicted molar refractivity (Wildman–Crippen MR) is 85.4 cm³/mol. The number of amides is 1. The summed E-state index contributed by atoms with van der Waals surface area (Å²) in [7, 11) is 0. The zero-order valence-corrected chi connectivity index (χ0v) is 12.3. The number of hydrogen-bond donors (Lipinski definition) is 2. The Bertz CT molecular complexity index is 713. The number of carbonyl (C=O) groups excluding carboxylic acids is 1. The molecule has 0 aliphatic heterocycles. The molecule has 0 unspecified atom stereocenters. The van der Waals surface area contributed by atoms with Gasteiger partial charge in [-0.05, 0) is 30.2 Å². The molecule has 23 heavy (non-hydrogen) atoms. The highest BCUT2D eigenvalue weighted by Gasteiger charge is 2.19. The van der Waals surface area contributed by atoms with Crippen LogP contribution in [-0.4, -0.2) is 23.0 Å². The number of nitrogens with one attached hydrogen (secondary N) is 1. The maximum atomic E-state index is 13.1. The van der Waals surface area contributed by atoms with E-state index in [1.165, 1.54) is 18.2 Å². The van der Waals surface area contributed by atoms with Crippen LogP contribution in [0, 0.1) is 5.82 Å². The normalized spacial score (nSPS) is 12.0. The average Bonchev–Trinajstić information content (AvgIpc) is 2.54. The molecular formula is C18H16FNO3. The summed E-state index contributed by atoms with van der Waals surface area (Å²) in [4.78, 5) is 23.2. The molecule has 0 saturated heterocycles. The van der Waals surface area contributed by atoms with Gasteiger partial charge < -0.3 is 10.4 Å². The van der Waals surface area contributed by atoms with Crippen molar-refractivity contribution in [2.45, 2.75) is 12.5 Å². The second-order valence-corrected chi connectivity index (χ2v) is 4.92. The quantitative estimate of drug-likeness (QED) is 0.861. The van der Waals surface area contributed by atoms with E-state index >= 15 is 0 Å². The first-order valence-corrected chi connectivity index (χ1v) is 7.07. The number of hydrogen-bond acceptors (Lipinski definition) is 2. The van der Waals surface area contributed by atoms with Gasteiger partial charge in [0.2, 0.25) is 0 Å². The van der Waals surface area contributed by atoms with Crippen LogP contribution in [0.1, 0.15) is 22.3 Å². The van der Waals surface area contributed by atoms with Crippen LogP contribution in [0.5, 0.6) is 0 Å². The van der Waals surface area contributed by atoms with Gasteiger partial charge in [0.15, 0.2) is 0 Å². The molecule has 5 heteroatoms. The topological polar surface area (TPSA) is 66.4 Å². The Hall–Kier alpha value is -2.95. The van der Waals surface area contributed by atoms with Gasteiger partial charge in [-0.15, -0.1) is 0 Å². The Labute approximate surface area is 133 Å². The van der Waals surface area contributed by atoms with Crippen LogP contribution in [0.15, 0.2) is 60.7 Å². The van der Waals surface area contributed by atoms with Crippen molar-refractivity contribution in [2.24, 2.45) is 0 Å². The SMILES string of the molecule is O=C(N[C@@H](C/C=C/c1ccccc1)C(=O)O)c1cccc(F)c1. The number of carbonyl (C=O) groups is 2. The molecule has 0 heterocycles. The van der Waals surface area contributed by atoms with Gasteiger partial charge in [-0.1, -0.05) is 48.6 Å². The summed E-state index contributed by atoms with van der Waals surface area (Å²) in [6.45, 7) is 0. The minimum Gasteiger partial charge on any atom is -0.480 e. The molecule has 2 aromatic carbocycles. The predicted octanol–water partition coefficient (Wildman–Crippen LogP) is 3.11. The van der Waals surface area contributed by atoms with Crippen molar-refractivity contribution in [1.29, 1.82) is 0 Å². The summed E-state index contributed by atoms with van der Waals surface area (Å²) >= 11 is 0. The lowest BCUT2D eigenvalue weighted by atomic mass is 10.1. The van der Waals surface area contributed by atoms with Crippen molar-refractivity contribution >= 4 is 18.0 Å². The lowest BCUT2D eigenvalue weighted by molar-refractivity contribution is -0.139. The summed E-state index contributed by atoms with van der Waals surface area (Å²) in [5, 5.41) is 11.6. The van der Waals surface area contributed by atoms with Crippen molar-refractivity contribution in [3.8, 4) is 0 Å². The first-order valence-electron chi connectivity index (χ1n) is 7.07. The van der Waals surface area contributed by atoms with Crippen molar-refractivity contribution in [3.05, 3.63) is 77.6 Å². The van der Waals surface area contributed by atoms with Crippen molar-refractivity contribution in [1.82, 2.24) is 5.32 Å². The van der Waals surface area contributed by atoms with Gasteiger partial charge in [-0.25, -0.2) is 9.18 Å². The smallest absolute Gasteiger partial charge is 0.326 e. The van der Waals surface area contributed by atoms with E-state index in [4.69, 9.17) is 0 Å². The molecule has 4 nitrogen and oxygen atoms in total. The molecule has 118 valence electrons. The standard InChI is InChI=1S/C18H16FNO3/c19-15-10-5-9-14(12-15)17(21)20-16(18(22)23)11-4-8-13-6-2-1-3-7-13/h1-10,12,16H,11H2,(H,20,21)(H,22,23)/b8-4+/t16-/m0/s1. The highest BCUT2D eigenvalue weighted by molar-refractivity contribution is 5.96. The minimum absolute atomic E-state index is 0.0864. The average molecular weight is 313 g/mol. The van der Waals surface area contributed by atoms with Crippen molar-refractivity contribution < 1.29 is 19.1 Å². The van der Waals surface area contributed by atoms with E-state index in [0.717, 1.165) is 11.6 Å². The van der Waals surface area contributed by atoms with Gasteiger partial charge in [-0.3, -0.25) is 4.79 Å². The van der Waals surface area contributed by atoms with E-state index in [-0.39, 0.29) is 12.0 Å². The Morgan fingerprint density at radius 1 is 1.13 bits per heavy atom. The third kappa shape index (κ3) is 5.07. The molecule has 0 radical (unpaired) electrons. The molecule has 2 N–H and O–H groups in total. The molecule has 1 amide bonds. The van der Waals surface area contributed by atoms with Crippen LogP contribution in [-0.2, 0) is 4.79 Å². The zero-order chi connectivity index (χ0) is 16.7. The largest absolute Gasteiger partial charge is 0.480 e. The second-order valence-electron chi connectivity index (χ2n) is 4.92. The van der Waals surface area contributed by atoms with Gasteiger partial charge in [0.05, 0.1) is 0 Å². The molecule has 0 spiro atoms. The lowest BCUT2D eigenvalue weighted by Crippen LogP contribution is -2.40. The van der Waals surface area contributed by atoms with Gasteiger partial charge in [0.1, 0.15) is 11.9 Å². The third-order valence-corrected chi connectivity index (χ3v) is 3.17. The van der Waals surface area contributed by atoms with Crippen molar-refractivity contribution in [2.75, 3.05) is 0 Å². The first kappa shape index (κ1) is 16.4. The van der Waals surface area contributed by atoms with E-state index < -0.39 is 23.7 Å². The second kappa shape index (κ2) is 7.89. The van der Waals surface area contributed by atoms with Crippen LogP contribution < -0.4 is 5.32 Å². The molecule has 0 aliphatic rings. The molecule has 0 saturated carbocycles. The van der Waals surface area contributed by atoms with E-state index in [1.54, 1.807) is 12.2 Å². The van der Waals surface area contributed by atoms with E-state index in [0.29, 0.717) is 0 Å². The van der Waals surface area contributed by atoms with Crippen LogP contribution in [0.3, 0.4) is 0 Å². The maximum absolute atomic E-state index is 13.1. The Balaban J connectivity index is 2.00. The molecule has 0 aliphatic carbocycles. The fourth-order valence-electron chi connectivity index (χ4n) is 2.00. The monoisotopic (exact) mass is 313 g/mol. The molecule has 0 aromatic heterocycles. The van der Waals surface area contributed by atoms with Crippen LogP contribution >= 0.6 is 0 Å². The molecule has 0 bridgehead atoms. The number of aliphatic carboxylic acids is 1. The number of carboxylic acid groups (broad SMARTS) is 1. The Kier molecular flexibility index (Phi) is 5.63. The summed E-state index contributed by atoms with van der Waals surface area (Å²) in [5.41, 5.74) is 1.02. The fourth-order valence-corrected chi connectivity index (χ4v) is 2.00. The summed E-state index contributed by atoms with van der Waals surface area (Å²) in [5.74, 6) is -2.31. The highest BCUT2D eigenvalue weighted by Crippen LogP contribution is 2.06. The third-order valence-electron chi connectivity index (χ3n) is 3.17. The minimum atomic E-state index is -1.15. The maximum Gasteiger partial charge on any atom is 0.326 e. The molecular weight excluding hydrogens is 297 g/mol. The van der Waals surface area contributed by atoms with E-state index in [1.807, 2.05) is 30.3 Å².